The van der Waals surface area contributed by atoms with E-state index in [2.05, 4.69) is 11.9 Å². The summed E-state index contributed by atoms with van der Waals surface area (Å²) < 4.78 is 0. The summed E-state index contributed by atoms with van der Waals surface area (Å²) >= 11 is 0. The largest absolute Gasteiger partial charge is 0.481 e. The first-order valence-electron chi connectivity index (χ1n) is 6.76. The Morgan fingerprint density at radius 1 is 1.56 bits per heavy atom. The Bertz CT molecular complexity index is 404. The fraction of sp³-hybridized carbons (Fsp3) is 0.600. The van der Waals surface area contributed by atoms with Crippen molar-refractivity contribution in [2.45, 2.75) is 45.4 Å². The van der Waals surface area contributed by atoms with Gasteiger partial charge in [0.2, 0.25) is 0 Å². The molecule has 1 aromatic rings. The van der Waals surface area contributed by atoms with Crippen LogP contribution in [0.1, 0.15) is 44.7 Å². The van der Waals surface area contributed by atoms with Gasteiger partial charge in [-0.1, -0.05) is 25.8 Å². The Balaban J connectivity index is 2.05. The predicted molar refractivity (Wildman–Crippen MR) is 70.3 cm³/mol. The molecule has 1 heterocycles. The van der Waals surface area contributed by atoms with Gasteiger partial charge in [0.1, 0.15) is 0 Å². The number of aliphatic carboxylic acids is 1. The Hall–Kier alpha value is -1.38. The lowest BCUT2D eigenvalue weighted by Crippen LogP contribution is -2.36. The third-order valence-corrected chi connectivity index (χ3v) is 4.13. The molecule has 1 N–H and O–H groups in total. The van der Waals surface area contributed by atoms with Crippen molar-refractivity contribution in [3.63, 3.8) is 0 Å². The van der Waals surface area contributed by atoms with Gasteiger partial charge in [-0.05, 0) is 43.7 Å². The summed E-state index contributed by atoms with van der Waals surface area (Å²) in [7, 11) is 0. The third-order valence-electron chi connectivity index (χ3n) is 4.13. The Labute approximate surface area is 108 Å². The monoisotopic (exact) mass is 247 g/mol. The molecule has 1 aliphatic carbocycles. The SMILES string of the molecule is CC1CCCC(CCc2ccccn2)(C(=O)O)C1. The molecule has 0 saturated heterocycles. The van der Waals surface area contributed by atoms with Crippen LogP contribution in [0.15, 0.2) is 24.4 Å². The first-order chi connectivity index (χ1) is 8.62. The van der Waals surface area contributed by atoms with Gasteiger partial charge < -0.3 is 5.11 Å². The molecule has 0 bridgehead atoms. The fourth-order valence-electron chi connectivity index (χ4n) is 3.10. The van der Waals surface area contributed by atoms with Crippen LogP contribution in [0.3, 0.4) is 0 Å². The van der Waals surface area contributed by atoms with Gasteiger partial charge in [0, 0.05) is 11.9 Å². The van der Waals surface area contributed by atoms with Crippen LogP contribution in [0.4, 0.5) is 0 Å². The Morgan fingerprint density at radius 2 is 2.39 bits per heavy atom. The van der Waals surface area contributed by atoms with Crippen molar-refractivity contribution >= 4 is 5.97 Å². The number of carbonyl (C=O) groups is 1. The van der Waals surface area contributed by atoms with Crippen molar-refractivity contribution in [1.82, 2.24) is 4.98 Å². The average molecular weight is 247 g/mol. The van der Waals surface area contributed by atoms with Crippen molar-refractivity contribution < 1.29 is 9.90 Å². The molecule has 0 aliphatic heterocycles. The highest BCUT2D eigenvalue weighted by atomic mass is 16.4. The Kier molecular flexibility index (Phi) is 4.00. The second kappa shape index (κ2) is 5.51. The molecule has 2 atom stereocenters. The van der Waals surface area contributed by atoms with E-state index in [-0.39, 0.29) is 0 Å². The third kappa shape index (κ3) is 2.89. The highest BCUT2D eigenvalue weighted by Crippen LogP contribution is 2.42. The lowest BCUT2D eigenvalue weighted by molar-refractivity contribution is -0.152. The molecule has 1 aromatic heterocycles. The maximum Gasteiger partial charge on any atom is 0.309 e. The summed E-state index contributed by atoms with van der Waals surface area (Å²) in [4.78, 5) is 15.9. The number of aryl methyl sites for hydroxylation is 1. The van der Waals surface area contributed by atoms with E-state index in [1.807, 2.05) is 18.2 Å². The molecule has 0 amide bonds. The standard InChI is InChI=1S/C15H21NO2/c1-12-5-4-8-15(11-12,14(17)18)9-7-13-6-2-3-10-16-13/h2-3,6,10,12H,4-5,7-9,11H2,1H3,(H,17,18). The van der Waals surface area contributed by atoms with E-state index >= 15 is 0 Å². The zero-order chi connectivity index (χ0) is 13.0. The number of carboxylic acid groups (broad SMARTS) is 1. The second-order valence-electron chi connectivity index (χ2n) is 5.61. The van der Waals surface area contributed by atoms with Crippen LogP contribution in [0.5, 0.6) is 0 Å². The van der Waals surface area contributed by atoms with E-state index in [1.54, 1.807) is 6.20 Å². The summed E-state index contributed by atoms with van der Waals surface area (Å²) in [6.07, 6.45) is 7.08. The van der Waals surface area contributed by atoms with Crippen LogP contribution < -0.4 is 0 Å². The van der Waals surface area contributed by atoms with Gasteiger partial charge in [0.25, 0.3) is 0 Å². The van der Waals surface area contributed by atoms with Gasteiger partial charge in [0.15, 0.2) is 0 Å². The summed E-state index contributed by atoms with van der Waals surface area (Å²) in [5.74, 6) is -0.0939. The van der Waals surface area contributed by atoms with Crippen molar-refractivity contribution in [3.8, 4) is 0 Å². The molecule has 1 aliphatic rings. The molecule has 2 rings (SSSR count). The lowest BCUT2D eigenvalue weighted by Gasteiger charge is -2.36. The van der Waals surface area contributed by atoms with E-state index in [0.717, 1.165) is 31.4 Å². The molecule has 2 unspecified atom stereocenters. The van der Waals surface area contributed by atoms with Crippen molar-refractivity contribution in [2.24, 2.45) is 11.3 Å². The van der Waals surface area contributed by atoms with Gasteiger partial charge in [0.05, 0.1) is 5.41 Å². The molecule has 1 fully saturated rings. The molecule has 98 valence electrons. The van der Waals surface area contributed by atoms with E-state index in [1.165, 1.54) is 6.42 Å². The summed E-state index contributed by atoms with van der Waals surface area (Å²) in [6.45, 7) is 2.16. The van der Waals surface area contributed by atoms with E-state index in [0.29, 0.717) is 12.3 Å². The number of aromatic nitrogens is 1. The molecule has 3 heteroatoms. The number of rotatable bonds is 4. The van der Waals surface area contributed by atoms with Gasteiger partial charge in [-0.3, -0.25) is 9.78 Å². The summed E-state index contributed by atoms with van der Waals surface area (Å²) in [5.41, 5.74) is 0.478. The molecule has 0 aromatic carbocycles. The summed E-state index contributed by atoms with van der Waals surface area (Å²) in [5, 5.41) is 9.56. The van der Waals surface area contributed by atoms with Gasteiger partial charge in [-0.2, -0.15) is 0 Å². The minimum absolute atomic E-state index is 0.519. The van der Waals surface area contributed by atoms with Gasteiger partial charge in [-0.25, -0.2) is 0 Å². The highest BCUT2D eigenvalue weighted by Gasteiger charge is 2.41. The quantitative estimate of drug-likeness (QED) is 0.888. The maximum absolute atomic E-state index is 11.6. The summed E-state index contributed by atoms with van der Waals surface area (Å²) in [6, 6.07) is 5.82. The Morgan fingerprint density at radius 3 is 3.00 bits per heavy atom. The van der Waals surface area contributed by atoms with Crippen LogP contribution in [-0.2, 0) is 11.2 Å². The van der Waals surface area contributed by atoms with E-state index < -0.39 is 11.4 Å². The minimum Gasteiger partial charge on any atom is -0.481 e. The van der Waals surface area contributed by atoms with Crippen molar-refractivity contribution in [1.29, 1.82) is 0 Å². The highest BCUT2D eigenvalue weighted by molar-refractivity contribution is 5.74. The number of hydrogen-bond donors (Lipinski definition) is 1. The normalized spacial score (nSPS) is 27.9. The number of pyridine rings is 1. The zero-order valence-corrected chi connectivity index (χ0v) is 10.9. The van der Waals surface area contributed by atoms with Crippen LogP contribution >= 0.6 is 0 Å². The second-order valence-corrected chi connectivity index (χ2v) is 5.61. The van der Waals surface area contributed by atoms with E-state index in [9.17, 15) is 9.90 Å². The molecule has 18 heavy (non-hydrogen) atoms. The first-order valence-corrected chi connectivity index (χ1v) is 6.76. The molecule has 1 saturated carbocycles. The van der Waals surface area contributed by atoms with E-state index in [4.69, 9.17) is 0 Å². The van der Waals surface area contributed by atoms with Crippen molar-refractivity contribution in [3.05, 3.63) is 30.1 Å². The fourth-order valence-corrected chi connectivity index (χ4v) is 3.10. The van der Waals surface area contributed by atoms with Crippen LogP contribution in [-0.4, -0.2) is 16.1 Å². The maximum atomic E-state index is 11.6. The predicted octanol–water partition coefficient (Wildman–Crippen LogP) is 3.30. The van der Waals surface area contributed by atoms with Gasteiger partial charge >= 0.3 is 5.97 Å². The van der Waals surface area contributed by atoms with Crippen LogP contribution in [0.2, 0.25) is 0 Å². The zero-order valence-electron chi connectivity index (χ0n) is 10.9. The molecule has 0 spiro atoms. The number of nitrogens with zero attached hydrogens (tertiary/aromatic N) is 1. The molecular weight excluding hydrogens is 226 g/mol. The lowest BCUT2D eigenvalue weighted by atomic mass is 9.67. The minimum atomic E-state index is -0.620. The van der Waals surface area contributed by atoms with Gasteiger partial charge in [-0.15, -0.1) is 0 Å². The molecule has 0 radical (unpaired) electrons. The topological polar surface area (TPSA) is 50.2 Å². The molecular formula is C15H21NO2. The first kappa shape index (κ1) is 13.1. The van der Waals surface area contributed by atoms with Crippen LogP contribution in [0, 0.1) is 11.3 Å². The number of hydrogen-bond acceptors (Lipinski definition) is 2. The smallest absolute Gasteiger partial charge is 0.309 e. The average Bonchev–Trinajstić information content (AvgIpc) is 2.37. The van der Waals surface area contributed by atoms with Crippen molar-refractivity contribution in [2.75, 3.05) is 0 Å². The molecule has 3 nitrogen and oxygen atoms in total. The van der Waals surface area contributed by atoms with Crippen LogP contribution in [0.25, 0.3) is 0 Å². The number of carboxylic acids is 1.